The molecule has 0 aliphatic rings. The number of rotatable bonds is 5. The Morgan fingerprint density at radius 1 is 1.17 bits per heavy atom. The predicted molar refractivity (Wildman–Crippen MR) is 59.3 cm³/mol. The molecule has 0 saturated carbocycles. The van der Waals surface area contributed by atoms with Crippen LogP contribution in [0.25, 0.3) is 0 Å². The molecule has 0 fully saturated rings. The van der Waals surface area contributed by atoms with Crippen LogP contribution in [0.1, 0.15) is 16.7 Å². The molecule has 0 atom stereocenters. The summed E-state index contributed by atoms with van der Waals surface area (Å²) in [6.45, 7) is 1.63. The van der Waals surface area contributed by atoms with E-state index in [9.17, 15) is 13.2 Å². The van der Waals surface area contributed by atoms with E-state index in [0.29, 0.717) is 5.75 Å². The summed E-state index contributed by atoms with van der Waals surface area (Å²) in [6, 6.07) is 3.43. The molecule has 0 spiro atoms. The molecule has 18 heavy (non-hydrogen) atoms. The molecule has 0 heterocycles. The molecule has 0 amide bonds. The molecule has 0 aliphatic carbocycles. The quantitative estimate of drug-likeness (QED) is 0.656. The molecule has 3 nitrogen and oxygen atoms in total. The number of aliphatic hydroxyl groups is 1. The SMILES string of the molecule is Cc1cc(CO)cc(C)c1OCOCC(F)(F)F. The minimum Gasteiger partial charge on any atom is -0.467 e. The lowest BCUT2D eigenvalue weighted by molar-refractivity contribution is -0.186. The van der Waals surface area contributed by atoms with Gasteiger partial charge in [0.05, 0.1) is 6.61 Å². The number of alkyl halides is 3. The topological polar surface area (TPSA) is 38.7 Å². The van der Waals surface area contributed by atoms with Crippen LogP contribution in [0, 0.1) is 13.8 Å². The predicted octanol–water partition coefficient (Wildman–Crippen LogP) is 2.71. The van der Waals surface area contributed by atoms with Crippen molar-refractivity contribution in [2.75, 3.05) is 13.4 Å². The van der Waals surface area contributed by atoms with Crippen LogP contribution < -0.4 is 4.74 Å². The summed E-state index contributed by atoms with van der Waals surface area (Å²) >= 11 is 0. The number of ether oxygens (including phenoxy) is 2. The van der Waals surface area contributed by atoms with Crippen LogP contribution in [-0.4, -0.2) is 24.7 Å². The van der Waals surface area contributed by atoms with Crippen LogP contribution in [0.5, 0.6) is 5.75 Å². The molecule has 0 bridgehead atoms. The van der Waals surface area contributed by atoms with Crippen molar-refractivity contribution >= 4 is 0 Å². The van der Waals surface area contributed by atoms with E-state index in [4.69, 9.17) is 9.84 Å². The first-order valence-corrected chi connectivity index (χ1v) is 5.32. The zero-order valence-corrected chi connectivity index (χ0v) is 10.2. The highest BCUT2D eigenvalue weighted by atomic mass is 19.4. The highest BCUT2D eigenvalue weighted by molar-refractivity contribution is 5.43. The molecule has 1 aromatic carbocycles. The van der Waals surface area contributed by atoms with Gasteiger partial charge in [-0.25, -0.2) is 0 Å². The zero-order valence-electron chi connectivity index (χ0n) is 10.2. The van der Waals surface area contributed by atoms with Gasteiger partial charge in [-0.3, -0.25) is 0 Å². The van der Waals surface area contributed by atoms with E-state index in [0.717, 1.165) is 16.7 Å². The lowest BCUT2D eigenvalue weighted by atomic mass is 10.1. The van der Waals surface area contributed by atoms with Crippen molar-refractivity contribution in [1.82, 2.24) is 0 Å². The van der Waals surface area contributed by atoms with Gasteiger partial charge in [-0.05, 0) is 30.5 Å². The fourth-order valence-electron chi connectivity index (χ4n) is 1.62. The van der Waals surface area contributed by atoms with Crippen LogP contribution >= 0.6 is 0 Å². The third kappa shape index (κ3) is 4.54. The Labute approximate surface area is 103 Å². The first-order valence-electron chi connectivity index (χ1n) is 5.32. The average Bonchev–Trinajstić information content (AvgIpc) is 2.25. The molecule has 0 aliphatic heterocycles. The van der Waals surface area contributed by atoms with Gasteiger partial charge in [0.2, 0.25) is 0 Å². The second-order valence-electron chi connectivity index (χ2n) is 3.94. The van der Waals surface area contributed by atoms with E-state index >= 15 is 0 Å². The number of benzene rings is 1. The van der Waals surface area contributed by atoms with Crippen molar-refractivity contribution in [3.05, 3.63) is 28.8 Å². The average molecular weight is 264 g/mol. The fraction of sp³-hybridized carbons (Fsp3) is 0.500. The molecule has 0 aromatic heterocycles. The monoisotopic (exact) mass is 264 g/mol. The molecule has 0 radical (unpaired) electrons. The van der Waals surface area contributed by atoms with Gasteiger partial charge >= 0.3 is 6.18 Å². The van der Waals surface area contributed by atoms with Crippen LogP contribution in [0.2, 0.25) is 0 Å². The lowest BCUT2D eigenvalue weighted by Gasteiger charge is -2.14. The minimum atomic E-state index is -4.35. The number of aryl methyl sites for hydroxylation is 2. The summed E-state index contributed by atoms with van der Waals surface area (Å²) in [5, 5.41) is 8.99. The smallest absolute Gasteiger partial charge is 0.411 e. The molecule has 1 rings (SSSR count). The Bertz CT molecular complexity index is 379. The molecule has 1 N–H and O–H groups in total. The summed E-state index contributed by atoms with van der Waals surface area (Å²) in [7, 11) is 0. The number of aliphatic hydroxyl groups excluding tert-OH is 1. The Hall–Kier alpha value is -1.27. The zero-order chi connectivity index (χ0) is 13.8. The Balaban J connectivity index is 2.57. The van der Waals surface area contributed by atoms with E-state index in [1.807, 2.05) is 0 Å². The molecule has 0 saturated heterocycles. The summed E-state index contributed by atoms with van der Waals surface area (Å²) in [4.78, 5) is 0. The normalized spacial score (nSPS) is 11.7. The Morgan fingerprint density at radius 3 is 2.17 bits per heavy atom. The summed E-state index contributed by atoms with van der Waals surface area (Å²) in [5.74, 6) is 0.481. The van der Waals surface area contributed by atoms with Crippen LogP contribution in [0.3, 0.4) is 0 Å². The van der Waals surface area contributed by atoms with Gasteiger partial charge in [-0.1, -0.05) is 12.1 Å². The molecule has 1 aromatic rings. The second-order valence-corrected chi connectivity index (χ2v) is 3.94. The van der Waals surface area contributed by atoms with Crippen molar-refractivity contribution in [1.29, 1.82) is 0 Å². The maximum atomic E-state index is 11.8. The van der Waals surface area contributed by atoms with Crippen LogP contribution in [0.4, 0.5) is 13.2 Å². The maximum absolute atomic E-state index is 11.8. The third-order valence-corrected chi connectivity index (χ3v) is 2.26. The van der Waals surface area contributed by atoms with Gasteiger partial charge in [0.15, 0.2) is 6.79 Å². The fourth-order valence-corrected chi connectivity index (χ4v) is 1.62. The maximum Gasteiger partial charge on any atom is 0.411 e. The molecular weight excluding hydrogens is 249 g/mol. The number of halogens is 3. The number of hydrogen-bond donors (Lipinski definition) is 1. The van der Waals surface area contributed by atoms with Crippen molar-refractivity contribution < 1.29 is 27.8 Å². The van der Waals surface area contributed by atoms with Gasteiger partial charge in [0, 0.05) is 0 Å². The van der Waals surface area contributed by atoms with Gasteiger partial charge in [0.1, 0.15) is 12.4 Å². The van der Waals surface area contributed by atoms with Gasteiger partial charge in [-0.15, -0.1) is 0 Å². The van der Waals surface area contributed by atoms with Crippen molar-refractivity contribution in [3.63, 3.8) is 0 Å². The molecule has 102 valence electrons. The standard InChI is InChI=1S/C12H15F3O3/c1-8-3-10(5-16)4-9(2)11(8)18-7-17-6-12(13,14)15/h3-4,16H,5-7H2,1-2H3. The third-order valence-electron chi connectivity index (χ3n) is 2.26. The van der Waals surface area contributed by atoms with E-state index in [2.05, 4.69) is 4.74 Å². The van der Waals surface area contributed by atoms with Gasteiger partial charge < -0.3 is 14.6 Å². The Morgan fingerprint density at radius 2 is 1.72 bits per heavy atom. The first-order chi connectivity index (χ1) is 8.33. The second kappa shape index (κ2) is 6.06. The summed E-state index contributed by atoms with van der Waals surface area (Å²) in [5.41, 5.74) is 2.22. The minimum absolute atomic E-state index is 0.0907. The number of hydrogen-bond acceptors (Lipinski definition) is 3. The van der Waals surface area contributed by atoms with Gasteiger partial charge in [-0.2, -0.15) is 13.2 Å². The van der Waals surface area contributed by atoms with Crippen LogP contribution in [0.15, 0.2) is 12.1 Å². The molecule has 6 heteroatoms. The first kappa shape index (κ1) is 14.8. The van der Waals surface area contributed by atoms with E-state index in [-0.39, 0.29) is 6.61 Å². The summed E-state index contributed by atoms with van der Waals surface area (Å²) < 4.78 is 45.0. The van der Waals surface area contributed by atoms with E-state index in [1.54, 1.807) is 26.0 Å². The summed E-state index contributed by atoms with van der Waals surface area (Å²) in [6.07, 6.45) is -4.35. The largest absolute Gasteiger partial charge is 0.467 e. The van der Waals surface area contributed by atoms with Crippen molar-refractivity contribution in [2.24, 2.45) is 0 Å². The van der Waals surface area contributed by atoms with Gasteiger partial charge in [0.25, 0.3) is 0 Å². The highest BCUT2D eigenvalue weighted by Gasteiger charge is 2.27. The van der Waals surface area contributed by atoms with E-state index in [1.165, 1.54) is 0 Å². The van der Waals surface area contributed by atoms with Crippen molar-refractivity contribution in [3.8, 4) is 5.75 Å². The van der Waals surface area contributed by atoms with Crippen molar-refractivity contribution in [2.45, 2.75) is 26.6 Å². The molecule has 0 unspecified atom stereocenters. The van der Waals surface area contributed by atoms with Crippen LogP contribution in [-0.2, 0) is 11.3 Å². The Kier molecular flexibility index (Phi) is 4.98. The highest BCUT2D eigenvalue weighted by Crippen LogP contribution is 2.25. The lowest BCUT2D eigenvalue weighted by Crippen LogP contribution is -2.19. The van der Waals surface area contributed by atoms with E-state index < -0.39 is 19.6 Å². The molecular formula is C12H15F3O3.